The second-order valence-electron chi connectivity index (χ2n) is 4.71. The molecular formula is C15H15Cl2N3O. The summed E-state index contributed by atoms with van der Waals surface area (Å²) in [5.74, 6) is -0.336. The van der Waals surface area contributed by atoms with Crippen LogP contribution in [0.15, 0.2) is 36.4 Å². The van der Waals surface area contributed by atoms with Gasteiger partial charge >= 0.3 is 0 Å². The van der Waals surface area contributed by atoms with E-state index in [2.05, 4.69) is 5.32 Å². The number of benzene rings is 2. The van der Waals surface area contributed by atoms with Crippen molar-refractivity contribution in [3.63, 3.8) is 0 Å². The minimum Gasteiger partial charge on any atom is -0.399 e. The van der Waals surface area contributed by atoms with Crippen LogP contribution in [0.4, 0.5) is 11.4 Å². The van der Waals surface area contributed by atoms with Gasteiger partial charge in [0, 0.05) is 11.4 Å². The summed E-state index contributed by atoms with van der Waals surface area (Å²) in [5, 5.41) is 3.53. The van der Waals surface area contributed by atoms with Crippen molar-refractivity contribution in [1.82, 2.24) is 0 Å². The fourth-order valence-corrected chi connectivity index (χ4v) is 2.14. The van der Waals surface area contributed by atoms with Crippen LogP contribution < -0.4 is 16.8 Å². The lowest BCUT2D eigenvalue weighted by atomic mass is 10.1. The third-order valence-corrected chi connectivity index (χ3v) is 3.86. The topological polar surface area (TPSA) is 81.1 Å². The van der Waals surface area contributed by atoms with Crippen LogP contribution in [0.2, 0.25) is 10.0 Å². The number of nitrogen functional groups attached to an aromatic ring is 1. The second-order valence-corrected chi connectivity index (χ2v) is 5.53. The molecule has 0 saturated carbocycles. The van der Waals surface area contributed by atoms with E-state index in [1.165, 1.54) is 0 Å². The van der Waals surface area contributed by atoms with Gasteiger partial charge in [-0.3, -0.25) is 4.79 Å². The molecule has 0 saturated heterocycles. The molecule has 1 atom stereocenters. The highest BCUT2D eigenvalue weighted by atomic mass is 35.5. The molecule has 2 aromatic rings. The van der Waals surface area contributed by atoms with Crippen molar-refractivity contribution in [3.05, 3.63) is 57.6 Å². The van der Waals surface area contributed by atoms with Crippen LogP contribution in [0.3, 0.4) is 0 Å². The highest BCUT2D eigenvalue weighted by Crippen LogP contribution is 2.25. The SMILES string of the molecule is Cc1cc(NC(=O)C(N)c2ccc(Cl)c(Cl)c2)ccc1N. The molecule has 0 bridgehead atoms. The molecule has 0 radical (unpaired) electrons. The van der Waals surface area contributed by atoms with Crippen molar-refractivity contribution in [2.45, 2.75) is 13.0 Å². The molecule has 4 nitrogen and oxygen atoms in total. The molecule has 0 heterocycles. The summed E-state index contributed by atoms with van der Waals surface area (Å²) in [6.45, 7) is 1.86. The summed E-state index contributed by atoms with van der Waals surface area (Å²) in [7, 11) is 0. The Balaban J connectivity index is 2.15. The summed E-state index contributed by atoms with van der Waals surface area (Å²) >= 11 is 11.8. The van der Waals surface area contributed by atoms with Crippen LogP contribution >= 0.6 is 23.2 Å². The van der Waals surface area contributed by atoms with Gasteiger partial charge in [-0.2, -0.15) is 0 Å². The molecule has 0 aliphatic rings. The Morgan fingerprint density at radius 1 is 1.14 bits per heavy atom. The number of halogens is 2. The lowest BCUT2D eigenvalue weighted by Crippen LogP contribution is -2.27. The molecular weight excluding hydrogens is 309 g/mol. The molecule has 0 fully saturated rings. The first-order valence-electron chi connectivity index (χ1n) is 6.26. The Labute approximate surface area is 133 Å². The molecule has 1 amide bonds. The van der Waals surface area contributed by atoms with E-state index in [0.717, 1.165) is 5.56 Å². The van der Waals surface area contributed by atoms with Gasteiger partial charge in [0.05, 0.1) is 10.0 Å². The first-order valence-corrected chi connectivity index (χ1v) is 7.01. The predicted molar refractivity (Wildman–Crippen MR) is 87.6 cm³/mol. The van der Waals surface area contributed by atoms with Crippen molar-refractivity contribution in [1.29, 1.82) is 0 Å². The second kappa shape index (κ2) is 6.35. The first kappa shape index (κ1) is 15.6. The van der Waals surface area contributed by atoms with Crippen molar-refractivity contribution >= 4 is 40.5 Å². The van der Waals surface area contributed by atoms with E-state index >= 15 is 0 Å². The zero-order valence-electron chi connectivity index (χ0n) is 11.4. The van der Waals surface area contributed by atoms with E-state index in [4.69, 9.17) is 34.7 Å². The predicted octanol–water partition coefficient (Wildman–Crippen LogP) is 3.52. The van der Waals surface area contributed by atoms with E-state index < -0.39 is 6.04 Å². The van der Waals surface area contributed by atoms with Crippen LogP contribution in [-0.4, -0.2) is 5.91 Å². The van der Waals surface area contributed by atoms with Crippen LogP contribution in [0.5, 0.6) is 0 Å². The average Bonchev–Trinajstić information content (AvgIpc) is 2.45. The number of nitrogens with two attached hydrogens (primary N) is 2. The van der Waals surface area contributed by atoms with Crippen LogP contribution in [-0.2, 0) is 4.79 Å². The van der Waals surface area contributed by atoms with E-state index in [0.29, 0.717) is 27.0 Å². The zero-order chi connectivity index (χ0) is 15.6. The van der Waals surface area contributed by atoms with E-state index in [1.54, 1.807) is 36.4 Å². The third kappa shape index (κ3) is 3.67. The van der Waals surface area contributed by atoms with Gasteiger partial charge in [0.25, 0.3) is 0 Å². The lowest BCUT2D eigenvalue weighted by Gasteiger charge is -2.14. The fraction of sp³-hybridized carbons (Fsp3) is 0.133. The average molecular weight is 324 g/mol. The maximum absolute atomic E-state index is 12.2. The molecule has 2 aromatic carbocycles. The highest BCUT2D eigenvalue weighted by molar-refractivity contribution is 6.42. The fourth-order valence-electron chi connectivity index (χ4n) is 1.83. The molecule has 1 unspecified atom stereocenters. The number of carbonyl (C=O) groups excluding carboxylic acids is 1. The van der Waals surface area contributed by atoms with Crippen molar-refractivity contribution in [3.8, 4) is 0 Å². The maximum atomic E-state index is 12.2. The quantitative estimate of drug-likeness (QED) is 0.756. The number of carbonyl (C=O) groups is 1. The summed E-state index contributed by atoms with van der Waals surface area (Å²) in [6, 6.07) is 9.28. The van der Waals surface area contributed by atoms with Crippen LogP contribution in [0.1, 0.15) is 17.2 Å². The normalized spacial score (nSPS) is 12.0. The monoisotopic (exact) mass is 323 g/mol. The minimum atomic E-state index is -0.836. The molecule has 21 heavy (non-hydrogen) atoms. The van der Waals surface area contributed by atoms with Gasteiger partial charge in [-0.25, -0.2) is 0 Å². The minimum absolute atomic E-state index is 0.336. The highest BCUT2D eigenvalue weighted by Gasteiger charge is 2.17. The lowest BCUT2D eigenvalue weighted by molar-refractivity contribution is -0.117. The molecule has 6 heteroatoms. The zero-order valence-corrected chi connectivity index (χ0v) is 12.9. The van der Waals surface area contributed by atoms with Gasteiger partial charge < -0.3 is 16.8 Å². The van der Waals surface area contributed by atoms with E-state index in [9.17, 15) is 4.79 Å². The number of nitrogens with one attached hydrogen (secondary N) is 1. The van der Waals surface area contributed by atoms with E-state index in [-0.39, 0.29) is 5.91 Å². The first-order chi connectivity index (χ1) is 9.88. The Morgan fingerprint density at radius 3 is 2.48 bits per heavy atom. The van der Waals surface area contributed by atoms with Gasteiger partial charge in [0.15, 0.2) is 0 Å². The number of amides is 1. The molecule has 110 valence electrons. The Hall–Kier alpha value is -1.75. The molecule has 0 aromatic heterocycles. The number of anilines is 2. The summed E-state index contributed by atoms with van der Waals surface area (Å²) in [6.07, 6.45) is 0. The third-order valence-electron chi connectivity index (χ3n) is 3.12. The van der Waals surface area contributed by atoms with Crippen molar-refractivity contribution in [2.24, 2.45) is 5.73 Å². The van der Waals surface area contributed by atoms with Gasteiger partial charge in [0.1, 0.15) is 6.04 Å². The van der Waals surface area contributed by atoms with Crippen LogP contribution in [0, 0.1) is 6.92 Å². The Bertz CT molecular complexity index is 689. The molecule has 0 spiro atoms. The van der Waals surface area contributed by atoms with Gasteiger partial charge in [0.2, 0.25) is 5.91 Å². The van der Waals surface area contributed by atoms with E-state index in [1.807, 2.05) is 6.92 Å². The number of hydrogen-bond donors (Lipinski definition) is 3. The molecule has 0 aliphatic heterocycles. The maximum Gasteiger partial charge on any atom is 0.245 e. The largest absolute Gasteiger partial charge is 0.399 e. The molecule has 2 rings (SSSR count). The molecule has 5 N–H and O–H groups in total. The summed E-state index contributed by atoms with van der Waals surface area (Å²) in [4.78, 5) is 12.2. The Kier molecular flexibility index (Phi) is 4.73. The van der Waals surface area contributed by atoms with Gasteiger partial charge in [-0.15, -0.1) is 0 Å². The van der Waals surface area contributed by atoms with Crippen molar-refractivity contribution < 1.29 is 4.79 Å². The summed E-state index contributed by atoms with van der Waals surface area (Å²) < 4.78 is 0. The van der Waals surface area contributed by atoms with Gasteiger partial charge in [-0.1, -0.05) is 29.3 Å². The Morgan fingerprint density at radius 2 is 1.86 bits per heavy atom. The number of rotatable bonds is 3. The van der Waals surface area contributed by atoms with Gasteiger partial charge in [-0.05, 0) is 48.4 Å². The summed E-state index contributed by atoms with van der Waals surface area (Å²) in [5.41, 5.74) is 14.5. The van der Waals surface area contributed by atoms with Crippen LogP contribution in [0.25, 0.3) is 0 Å². The van der Waals surface area contributed by atoms with Crippen molar-refractivity contribution in [2.75, 3.05) is 11.1 Å². The standard InChI is InChI=1S/C15H15Cl2N3O/c1-8-6-10(3-5-13(8)18)20-15(21)14(19)9-2-4-11(16)12(17)7-9/h2-7,14H,18-19H2,1H3,(H,20,21). The smallest absolute Gasteiger partial charge is 0.245 e. The molecule has 0 aliphatic carbocycles. The number of aryl methyl sites for hydroxylation is 1. The number of hydrogen-bond acceptors (Lipinski definition) is 3.